The fraction of sp³-hybridized carbons (Fsp3) is 0.414. The number of ether oxygens (including phenoxy) is 3. The molecular weight excluding hydrogens is 601 g/mol. The van der Waals surface area contributed by atoms with Crippen LogP contribution in [0.25, 0.3) is 22.8 Å². The van der Waals surface area contributed by atoms with Gasteiger partial charge in [0.05, 0.1) is 19.0 Å². The first-order valence-electron chi connectivity index (χ1n) is 14.0. The Bertz CT molecular complexity index is 1810. The zero-order valence-corrected chi connectivity index (χ0v) is 23.9. The lowest BCUT2D eigenvalue weighted by atomic mass is 9.89. The van der Waals surface area contributed by atoms with Crippen molar-refractivity contribution < 1.29 is 47.8 Å². The highest BCUT2D eigenvalue weighted by atomic mass is 19.4. The average Bonchev–Trinajstić information content (AvgIpc) is 3.92. The van der Waals surface area contributed by atoms with Crippen LogP contribution in [0.1, 0.15) is 61.2 Å². The van der Waals surface area contributed by atoms with Gasteiger partial charge in [0.2, 0.25) is 5.88 Å². The van der Waals surface area contributed by atoms with E-state index < -0.39 is 35.0 Å². The van der Waals surface area contributed by atoms with Crippen LogP contribution in [0.3, 0.4) is 0 Å². The summed E-state index contributed by atoms with van der Waals surface area (Å²) in [5.74, 6) is 0.150. The van der Waals surface area contributed by atoms with Crippen molar-refractivity contribution in [2.75, 3.05) is 13.7 Å². The van der Waals surface area contributed by atoms with Crippen LogP contribution in [0.4, 0.5) is 13.2 Å². The lowest BCUT2D eigenvalue weighted by Crippen LogP contribution is -2.32. The number of imidazole rings is 1. The summed E-state index contributed by atoms with van der Waals surface area (Å²) in [7, 11) is 1.39. The van der Waals surface area contributed by atoms with Crippen LogP contribution in [0.5, 0.6) is 17.4 Å². The maximum Gasteiger partial charge on any atom is 0.434 e. The van der Waals surface area contributed by atoms with Gasteiger partial charge in [-0.15, -0.1) is 0 Å². The summed E-state index contributed by atoms with van der Waals surface area (Å²) in [4.78, 5) is 21.7. The summed E-state index contributed by atoms with van der Waals surface area (Å²) in [5, 5.41) is 41.6. The van der Waals surface area contributed by atoms with Gasteiger partial charge in [-0.3, -0.25) is 4.57 Å². The standard InChI is InChI=1S/C29H27F3N6O7/c1-26(39)16-6-5-15(24-36-19(28(30,31)32)11-38(24)29(40,41)42)9-17(16)44-12-27(7-8-27)45-25-20(21(14-3-4-14)34-13-35-25)23-33-10-18(43-2)22(26)37-23/h5-6,9-11,13-14,39-42H,3-4,7-8,12H2,1-2H3. The number of fused-ring (bicyclic) bond motifs is 5. The molecule has 4 N–H and O–H groups in total. The number of aliphatic hydroxyl groups is 4. The molecule has 1 atom stereocenters. The van der Waals surface area contributed by atoms with E-state index in [1.807, 2.05) is 0 Å². The van der Waals surface area contributed by atoms with E-state index in [1.54, 1.807) is 0 Å². The van der Waals surface area contributed by atoms with E-state index >= 15 is 0 Å². The molecule has 1 unspecified atom stereocenters. The second kappa shape index (κ2) is 9.81. The van der Waals surface area contributed by atoms with Crippen LogP contribution < -0.4 is 14.2 Å². The first-order valence-corrected chi connectivity index (χ1v) is 14.0. The molecule has 7 rings (SSSR count). The van der Waals surface area contributed by atoms with Gasteiger partial charge in [0, 0.05) is 23.2 Å². The van der Waals surface area contributed by atoms with E-state index in [4.69, 9.17) is 19.2 Å². The minimum Gasteiger partial charge on any atom is -0.493 e. The molecule has 1 aromatic carbocycles. The number of hydrogen-bond donors (Lipinski definition) is 4. The Morgan fingerprint density at radius 3 is 2.47 bits per heavy atom. The van der Waals surface area contributed by atoms with Crippen molar-refractivity contribution in [2.24, 2.45) is 0 Å². The number of hydrogen-bond acceptors (Lipinski definition) is 12. The van der Waals surface area contributed by atoms with Gasteiger partial charge < -0.3 is 34.6 Å². The molecule has 45 heavy (non-hydrogen) atoms. The number of aromatic nitrogens is 6. The zero-order valence-electron chi connectivity index (χ0n) is 23.9. The number of rotatable bonds is 4. The van der Waals surface area contributed by atoms with Gasteiger partial charge in [0.15, 0.2) is 17.3 Å². The van der Waals surface area contributed by atoms with Crippen molar-refractivity contribution in [1.29, 1.82) is 0 Å². The van der Waals surface area contributed by atoms with Gasteiger partial charge in [-0.1, -0.05) is 12.1 Å². The summed E-state index contributed by atoms with van der Waals surface area (Å²) in [6.07, 6.45) is -2.53. The van der Waals surface area contributed by atoms with Crippen molar-refractivity contribution in [1.82, 2.24) is 29.5 Å². The van der Waals surface area contributed by atoms with E-state index in [2.05, 4.69) is 19.9 Å². The first-order chi connectivity index (χ1) is 21.2. The monoisotopic (exact) mass is 628 g/mol. The highest BCUT2D eigenvalue weighted by molar-refractivity contribution is 5.67. The number of benzene rings is 1. The number of nitrogens with zero attached hydrogens (tertiary/aromatic N) is 6. The number of alkyl halides is 3. The van der Waals surface area contributed by atoms with Gasteiger partial charge in [0.1, 0.15) is 47.0 Å². The molecule has 0 amide bonds. The normalized spacial score (nSPS) is 20.6. The molecule has 2 fully saturated rings. The molecule has 4 heterocycles. The van der Waals surface area contributed by atoms with Crippen molar-refractivity contribution in [3.05, 3.63) is 59.6 Å². The van der Waals surface area contributed by atoms with Crippen LogP contribution in [-0.4, -0.2) is 69.2 Å². The van der Waals surface area contributed by atoms with Crippen LogP contribution in [0.2, 0.25) is 0 Å². The Kier molecular flexibility index (Phi) is 6.39. The molecule has 4 aromatic rings. The zero-order chi connectivity index (χ0) is 31.9. The predicted octanol–water partition coefficient (Wildman–Crippen LogP) is 2.81. The van der Waals surface area contributed by atoms with Crippen LogP contribution in [0, 0.1) is 0 Å². The Balaban J connectivity index is 1.43. The van der Waals surface area contributed by atoms with E-state index in [-0.39, 0.29) is 63.3 Å². The third-order valence-corrected chi connectivity index (χ3v) is 8.16. The van der Waals surface area contributed by atoms with Crippen molar-refractivity contribution in [2.45, 2.75) is 62.0 Å². The summed E-state index contributed by atoms with van der Waals surface area (Å²) >= 11 is 0. The van der Waals surface area contributed by atoms with Gasteiger partial charge in [-0.25, -0.2) is 24.9 Å². The van der Waals surface area contributed by atoms with E-state index in [0.29, 0.717) is 18.4 Å². The van der Waals surface area contributed by atoms with Gasteiger partial charge in [-0.2, -0.15) is 13.2 Å². The molecule has 2 saturated carbocycles. The molecular formula is C29H27F3N6O7. The van der Waals surface area contributed by atoms with E-state index in [0.717, 1.165) is 18.5 Å². The van der Waals surface area contributed by atoms with Gasteiger partial charge in [0.25, 0.3) is 0 Å². The fourth-order valence-corrected chi connectivity index (χ4v) is 5.41. The van der Waals surface area contributed by atoms with Crippen LogP contribution >= 0.6 is 0 Å². The van der Waals surface area contributed by atoms with Gasteiger partial charge in [-0.05, 0) is 38.7 Å². The molecule has 236 valence electrons. The highest BCUT2D eigenvalue weighted by Crippen LogP contribution is 2.50. The lowest BCUT2D eigenvalue weighted by Gasteiger charge is -2.30. The molecule has 0 radical (unpaired) electrons. The molecule has 2 aliphatic carbocycles. The Morgan fingerprint density at radius 1 is 1.07 bits per heavy atom. The molecule has 16 heteroatoms. The molecule has 3 aliphatic rings. The maximum atomic E-state index is 13.5. The SMILES string of the molecule is COc1cnc2nc1C(C)(O)c1ccc(-c3nc(C(F)(F)F)cn3C(O)(O)O)cc1OCC1(CC1)Oc1ncnc(C3CC3)c1-2. The third kappa shape index (κ3) is 5.12. The topological polar surface area (TPSA) is 178 Å². The van der Waals surface area contributed by atoms with E-state index in [1.165, 1.54) is 44.8 Å². The van der Waals surface area contributed by atoms with Crippen molar-refractivity contribution >= 4 is 0 Å². The molecule has 1 aliphatic heterocycles. The summed E-state index contributed by atoms with van der Waals surface area (Å²) in [6.45, 7) is 1.41. The predicted molar refractivity (Wildman–Crippen MR) is 146 cm³/mol. The van der Waals surface area contributed by atoms with Crippen LogP contribution in [-0.2, 0) is 17.9 Å². The maximum absolute atomic E-state index is 13.5. The molecule has 2 bridgehead atoms. The first kappa shape index (κ1) is 29.3. The molecule has 0 saturated heterocycles. The summed E-state index contributed by atoms with van der Waals surface area (Å²) in [6, 6.07) is 3.94. The smallest absolute Gasteiger partial charge is 0.434 e. The average molecular weight is 629 g/mol. The van der Waals surface area contributed by atoms with Gasteiger partial charge >= 0.3 is 12.3 Å². The largest absolute Gasteiger partial charge is 0.493 e. The van der Waals surface area contributed by atoms with Crippen molar-refractivity contribution in [3.63, 3.8) is 0 Å². The summed E-state index contributed by atoms with van der Waals surface area (Å²) < 4.78 is 58.9. The second-order valence-electron chi connectivity index (χ2n) is 11.6. The molecule has 1 spiro atoms. The Labute approximate surface area is 252 Å². The van der Waals surface area contributed by atoms with E-state index in [9.17, 15) is 33.6 Å². The number of halogens is 3. The Morgan fingerprint density at radius 2 is 1.82 bits per heavy atom. The minimum absolute atomic E-state index is 0.000674. The second-order valence-corrected chi connectivity index (χ2v) is 11.6. The summed E-state index contributed by atoms with van der Waals surface area (Å²) in [5.41, 5.74) is -2.88. The van der Waals surface area contributed by atoms with Crippen LogP contribution in [0.15, 0.2) is 36.9 Å². The minimum atomic E-state index is -4.96. The Hall–Kier alpha value is -4.38. The fourth-order valence-electron chi connectivity index (χ4n) is 5.41. The quantitative estimate of drug-likeness (QED) is 0.243. The number of methoxy groups -OCH3 is 1. The lowest BCUT2D eigenvalue weighted by molar-refractivity contribution is -0.374. The third-order valence-electron chi connectivity index (χ3n) is 8.16. The molecule has 3 aromatic heterocycles. The molecule has 13 nitrogen and oxygen atoms in total. The highest BCUT2D eigenvalue weighted by Gasteiger charge is 2.49. The van der Waals surface area contributed by atoms with Crippen molar-refractivity contribution in [3.8, 4) is 40.2 Å².